The van der Waals surface area contributed by atoms with E-state index in [1.54, 1.807) is 6.20 Å². The molecular formula is C13H20N4O. The van der Waals surface area contributed by atoms with Gasteiger partial charge in [-0.2, -0.15) is 5.10 Å². The lowest BCUT2D eigenvalue weighted by Gasteiger charge is -2.21. The second-order valence-corrected chi connectivity index (χ2v) is 5.38. The van der Waals surface area contributed by atoms with Crippen molar-refractivity contribution in [2.24, 2.45) is 11.7 Å². The number of carbonyl (C=O) groups is 1. The van der Waals surface area contributed by atoms with Crippen LogP contribution in [0.1, 0.15) is 38.1 Å². The Morgan fingerprint density at radius 3 is 2.83 bits per heavy atom. The van der Waals surface area contributed by atoms with E-state index >= 15 is 0 Å². The van der Waals surface area contributed by atoms with Crippen molar-refractivity contribution >= 4 is 11.7 Å². The van der Waals surface area contributed by atoms with Crippen LogP contribution >= 0.6 is 0 Å². The number of hydrogen-bond donors (Lipinski definition) is 1. The lowest BCUT2D eigenvalue weighted by Crippen LogP contribution is -2.29. The molecule has 5 nitrogen and oxygen atoms in total. The lowest BCUT2D eigenvalue weighted by molar-refractivity contribution is -0.117. The molecule has 2 N–H and O–H groups in total. The molecule has 1 saturated heterocycles. The zero-order chi connectivity index (χ0) is 12.5. The summed E-state index contributed by atoms with van der Waals surface area (Å²) in [7, 11) is 0. The van der Waals surface area contributed by atoms with Gasteiger partial charge in [-0.15, -0.1) is 0 Å². The van der Waals surface area contributed by atoms with Crippen molar-refractivity contribution < 1.29 is 4.79 Å². The third-order valence-electron chi connectivity index (χ3n) is 4.13. The first-order valence-corrected chi connectivity index (χ1v) is 6.83. The fraction of sp³-hybridized carbons (Fsp3) is 0.692. The average Bonchev–Trinajstić information content (AvgIpc) is 3.07. The van der Waals surface area contributed by atoms with Gasteiger partial charge in [0.05, 0.1) is 12.2 Å². The number of hydrogen-bond acceptors (Lipinski definition) is 3. The Bertz CT molecular complexity index is 436. The Morgan fingerprint density at radius 1 is 1.39 bits per heavy atom. The summed E-state index contributed by atoms with van der Waals surface area (Å²) in [5, 5.41) is 4.42. The van der Waals surface area contributed by atoms with Gasteiger partial charge in [0.1, 0.15) is 5.82 Å². The van der Waals surface area contributed by atoms with Crippen LogP contribution in [0.3, 0.4) is 0 Å². The van der Waals surface area contributed by atoms with Gasteiger partial charge in [0.25, 0.3) is 0 Å². The first-order valence-electron chi connectivity index (χ1n) is 6.83. The fourth-order valence-corrected chi connectivity index (χ4v) is 3.11. The first-order chi connectivity index (χ1) is 8.79. The van der Waals surface area contributed by atoms with Crippen molar-refractivity contribution in [1.82, 2.24) is 9.78 Å². The average molecular weight is 248 g/mol. The van der Waals surface area contributed by atoms with Gasteiger partial charge in [0.2, 0.25) is 5.91 Å². The summed E-state index contributed by atoms with van der Waals surface area (Å²) in [4.78, 5) is 13.9. The summed E-state index contributed by atoms with van der Waals surface area (Å²) in [5.74, 6) is 1.44. The number of anilines is 1. The molecule has 1 aliphatic carbocycles. The maximum atomic E-state index is 12.0. The summed E-state index contributed by atoms with van der Waals surface area (Å²) in [5.41, 5.74) is 5.67. The predicted octanol–water partition coefficient (Wildman–Crippen LogP) is 1.31. The molecule has 0 bridgehead atoms. The van der Waals surface area contributed by atoms with Crippen molar-refractivity contribution in [2.45, 2.75) is 38.1 Å². The highest BCUT2D eigenvalue weighted by Gasteiger charge is 2.32. The van der Waals surface area contributed by atoms with Crippen molar-refractivity contribution in [1.29, 1.82) is 0 Å². The van der Waals surface area contributed by atoms with Gasteiger partial charge < -0.3 is 5.73 Å². The Balaban J connectivity index is 1.84. The van der Waals surface area contributed by atoms with E-state index in [0.717, 1.165) is 12.4 Å². The van der Waals surface area contributed by atoms with Gasteiger partial charge in [-0.25, -0.2) is 4.68 Å². The zero-order valence-electron chi connectivity index (χ0n) is 10.6. The Kier molecular flexibility index (Phi) is 3.07. The Labute approximate surface area is 107 Å². The minimum absolute atomic E-state index is 0.185. The normalized spacial score (nSPS) is 25.3. The lowest BCUT2D eigenvalue weighted by atomic mass is 10.1. The number of carbonyl (C=O) groups excluding carboxylic acids is 1. The number of amides is 1. The predicted molar refractivity (Wildman–Crippen MR) is 69.2 cm³/mol. The molecule has 0 radical (unpaired) electrons. The minimum Gasteiger partial charge on any atom is -0.330 e. The van der Waals surface area contributed by atoms with Crippen LogP contribution in [-0.4, -0.2) is 28.8 Å². The molecule has 18 heavy (non-hydrogen) atoms. The van der Waals surface area contributed by atoms with E-state index in [0.29, 0.717) is 24.9 Å². The van der Waals surface area contributed by atoms with Gasteiger partial charge in [0.15, 0.2) is 0 Å². The summed E-state index contributed by atoms with van der Waals surface area (Å²) in [6, 6.07) is 2.43. The van der Waals surface area contributed by atoms with Gasteiger partial charge in [-0.1, -0.05) is 12.8 Å². The highest BCUT2D eigenvalue weighted by atomic mass is 16.2. The standard InChI is InChI=1S/C13H20N4O/c14-8-10-7-13(18)16(9-10)12-5-6-15-17(12)11-3-1-2-4-11/h5-6,10-11H,1-4,7-9,14H2. The van der Waals surface area contributed by atoms with E-state index in [1.165, 1.54) is 25.7 Å². The van der Waals surface area contributed by atoms with Crippen LogP contribution in [0, 0.1) is 5.92 Å². The number of nitrogens with zero attached hydrogens (tertiary/aromatic N) is 3. The summed E-state index contributed by atoms with van der Waals surface area (Å²) < 4.78 is 2.05. The maximum Gasteiger partial charge on any atom is 0.228 e. The van der Waals surface area contributed by atoms with Crippen LogP contribution in [-0.2, 0) is 4.79 Å². The third-order valence-corrected chi connectivity index (χ3v) is 4.13. The van der Waals surface area contributed by atoms with Crippen molar-refractivity contribution in [3.8, 4) is 0 Å². The SMILES string of the molecule is NCC1CC(=O)N(c2ccnn2C2CCCC2)C1. The van der Waals surface area contributed by atoms with E-state index in [2.05, 4.69) is 5.10 Å². The first kappa shape index (κ1) is 11.7. The molecule has 98 valence electrons. The second-order valence-electron chi connectivity index (χ2n) is 5.38. The van der Waals surface area contributed by atoms with Crippen LogP contribution in [0.2, 0.25) is 0 Å². The van der Waals surface area contributed by atoms with Crippen LogP contribution in [0.4, 0.5) is 5.82 Å². The molecule has 1 saturated carbocycles. The molecular weight excluding hydrogens is 228 g/mol. The molecule has 0 spiro atoms. The van der Waals surface area contributed by atoms with Gasteiger partial charge >= 0.3 is 0 Å². The number of aromatic nitrogens is 2. The van der Waals surface area contributed by atoms with Crippen molar-refractivity contribution in [2.75, 3.05) is 18.0 Å². The largest absolute Gasteiger partial charge is 0.330 e. The molecule has 2 aliphatic rings. The monoisotopic (exact) mass is 248 g/mol. The van der Waals surface area contributed by atoms with E-state index in [-0.39, 0.29) is 5.91 Å². The quantitative estimate of drug-likeness (QED) is 0.877. The smallest absolute Gasteiger partial charge is 0.228 e. The number of nitrogens with two attached hydrogens (primary N) is 1. The van der Waals surface area contributed by atoms with E-state index in [4.69, 9.17) is 5.73 Å². The Morgan fingerprint density at radius 2 is 2.17 bits per heavy atom. The van der Waals surface area contributed by atoms with Gasteiger partial charge in [-0.3, -0.25) is 9.69 Å². The van der Waals surface area contributed by atoms with Crippen LogP contribution in [0.5, 0.6) is 0 Å². The van der Waals surface area contributed by atoms with E-state index in [1.807, 2.05) is 15.6 Å². The zero-order valence-corrected chi connectivity index (χ0v) is 10.6. The molecule has 0 aromatic carbocycles. The summed E-state index contributed by atoms with van der Waals surface area (Å²) in [6.07, 6.45) is 7.27. The third kappa shape index (κ3) is 1.92. The van der Waals surface area contributed by atoms with Crippen LogP contribution in [0.15, 0.2) is 12.3 Å². The maximum absolute atomic E-state index is 12.0. The molecule has 2 heterocycles. The Hall–Kier alpha value is -1.36. The highest BCUT2D eigenvalue weighted by molar-refractivity contribution is 5.94. The fourth-order valence-electron chi connectivity index (χ4n) is 3.11. The molecule has 1 unspecified atom stereocenters. The molecule has 1 amide bonds. The molecule has 1 aromatic heterocycles. The second kappa shape index (κ2) is 4.72. The van der Waals surface area contributed by atoms with E-state index < -0.39 is 0 Å². The topological polar surface area (TPSA) is 64.2 Å². The van der Waals surface area contributed by atoms with Gasteiger partial charge in [-0.05, 0) is 25.3 Å². The highest BCUT2D eigenvalue weighted by Crippen LogP contribution is 2.34. The van der Waals surface area contributed by atoms with Crippen LogP contribution < -0.4 is 10.6 Å². The molecule has 5 heteroatoms. The van der Waals surface area contributed by atoms with Gasteiger partial charge in [0, 0.05) is 19.0 Å². The number of rotatable bonds is 3. The minimum atomic E-state index is 0.185. The van der Waals surface area contributed by atoms with Crippen LogP contribution in [0.25, 0.3) is 0 Å². The van der Waals surface area contributed by atoms with E-state index in [9.17, 15) is 4.79 Å². The molecule has 1 aromatic rings. The molecule has 3 rings (SSSR count). The molecule has 1 aliphatic heterocycles. The summed E-state index contributed by atoms with van der Waals surface area (Å²) >= 11 is 0. The molecule has 1 atom stereocenters. The van der Waals surface area contributed by atoms with Crippen molar-refractivity contribution in [3.05, 3.63) is 12.3 Å². The summed E-state index contributed by atoms with van der Waals surface area (Å²) in [6.45, 7) is 1.33. The molecule has 2 fully saturated rings. The van der Waals surface area contributed by atoms with Crippen molar-refractivity contribution in [3.63, 3.8) is 0 Å².